The van der Waals surface area contributed by atoms with Crippen molar-refractivity contribution in [1.29, 1.82) is 0 Å². The number of rotatable bonds is 6. The van der Waals surface area contributed by atoms with Gasteiger partial charge in [0.2, 0.25) is 10.0 Å². The minimum absolute atomic E-state index is 0.135. The lowest BCUT2D eigenvalue weighted by atomic mass is 9.95. The summed E-state index contributed by atoms with van der Waals surface area (Å²) in [6.07, 6.45) is 3.95. The molecule has 5 nitrogen and oxygen atoms in total. The van der Waals surface area contributed by atoms with Gasteiger partial charge in [-0.25, -0.2) is 13.1 Å². The molecule has 1 saturated carbocycles. The van der Waals surface area contributed by atoms with Gasteiger partial charge in [0.05, 0.1) is 7.11 Å². The van der Waals surface area contributed by atoms with E-state index in [0.717, 1.165) is 39.9 Å². The average molecular weight is 377 g/mol. The summed E-state index contributed by atoms with van der Waals surface area (Å²) in [7, 11) is -1.81. The first-order valence-corrected chi connectivity index (χ1v) is 10.5. The van der Waals surface area contributed by atoms with Crippen LogP contribution in [0.5, 0.6) is 5.75 Å². The molecule has 4 rings (SSSR count). The van der Waals surface area contributed by atoms with Crippen LogP contribution in [0.2, 0.25) is 0 Å². The Labute approximate surface area is 151 Å². The van der Waals surface area contributed by atoms with Crippen LogP contribution in [0.4, 0.5) is 0 Å². The zero-order valence-electron chi connectivity index (χ0n) is 14.1. The maximum absolute atomic E-state index is 12.5. The number of methoxy groups -OCH3 is 1. The van der Waals surface area contributed by atoms with E-state index in [9.17, 15) is 8.42 Å². The fourth-order valence-corrected chi connectivity index (χ4v) is 5.67. The van der Waals surface area contributed by atoms with Gasteiger partial charge in [0.25, 0.3) is 0 Å². The molecule has 1 aliphatic carbocycles. The molecule has 2 aromatic heterocycles. The van der Waals surface area contributed by atoms with Crippen molar-refractivity contribution in [3.8, 4) is 5.75 Å². The quantitative estimate of drug-likeness (QED) is 0.691. The van der Waals surface area contributed by atoms with Crippen LogP contribution >= 0.6 is 11.3 Å². The summed E-state index contributed by atoms with van der Waals surface area (Å²) in [5.41, 5.74) is 2.06. The van der Waals surface area contributed by atoms with Crippen LogP contribution in [0, 0.1) is 6.92 Å². The number of fused-ring (bicyclic) bond motifs is 1. The highest BCUT2D eigenvalue weighted by molar-refractivity contribution is 7.91. The fourth-order valence-electron chi connectivity index (χ4n) is 3.22. The van der Waals surface area contributed by atoms with Crippen molar-refractivity contribution in [2.24, 2.45) is 0 Å². The standard InChI is InChI=1S/C18H20N2O3S2/c1-12-3-6-17(24-12)25(21,22)20-11-18(7-8-18)15-10-19-16-5-4-13(23-2)9-14(15)16/h3-6,9-10,19-20H,7-8,11H2,1-2H3. The molecule has 0 unspecified atom stereocenters. The highest BCUT2D eigenvalue weighted by atomic mass is 32.2. The predicted molar refractivity (Wildman–Crippen MR) is 100 cm³/mol. The molecule has 0 radical (unpaired) electrons. The van der Waals surface area contributed by atoms with Gasteiger partial charge in [0, 0.05) is 33.9 Å². The third-order valence-corrected chi connectivity index (χ3v) is 7.79. The van der Waals surface area contributed by atoms with Gasteiger partial charge in [-0.1, -0.05) is 0 Å². The van der Waals surface area contributed by atoms with E-state index >= 15 is 0 Å². The number of aryl methyl sites for hydroxylation is 1. The second kappa shape index (κ2) is 5.86. The molecule has 132 valence electrons. The topological polar surface area (TPSA) is 71.2 Å². The molecule has 7 heteroatoms. The highest BCUT2D eigenvalue weighted by Crippen LogP contribution is 2.50. The van der Waals surface area contributed by atoms with Gasteiger partial charge >= 0.3 is 0 Å². The number of sulfonamides is 1. The molecule has 2 N–H and O–H groups in total. The molecule has 25 heavy (non-hydrogen) atoms. The van der Waals surface area contributed by atoms with Gasteiger partial charge < -0.3 is 9.72 Å². The van der Waals surface area contributed by atoms with Crippen LogP contribution in [0.15, 0.2) is 40.7 Å². The second-order valence-corrected chi connectivity index (χ2v) is 9.87. The first-order valence-electron chi connectivity index (χ1n) is 8.15. The molecule has 0 amide bonds. The van der Waals surface area contributed by atoms with Crippen molar-refractivity contribution in [3.63, 3.8) is 0 Å². The third kappa shape index (κ3) is 2.96. The van der Waals surface area contributed by atoms with Gasteiger partial charge in [-0.15, -0.1) is 11.3 Å². The monoisotopic (exact) mass is 376 g/mol. The smallest absolute Gasteiger partial charge is 0.250 e. The Balaban J connectivity index is 1.61. The number of ether oxygens (including phenoxy) is 1. The number of aromatic amines is 1. The Bertz CT molecular complexity index is 1030. The average Bonchev–Trinajstić information content (AvgIpc) is 3.04. The SMILES string of the molecule is COc1ccc2[nH]cc(C3(CNS(=O)(=O)c4ccc(C)s4)CC3)c2c1. The minimum Gasteiger partial charge on any atom is -0.497 e. The van der Waals surface area contributed by atoms with Crippen molar-refractivity contribution < 1.29 is 13.2 Å². The maximum Gasteiger partial charge on any atom is 0.250 e. The zero-order chi connectivity index (χ0) is 17.7. The Morgan fingerprint density at radius 1 is 1.28 bits per heavy atom. The molecule has 0 bridgehead atoms. The Morgan fingerprint density at radius 3 is 2.72 bits per heavy atom. The molecule has 1 fully saturated rings. The van der Waals surface area contributed by atoms with Gasteiger partial charge in [-0.05, 0) is 55.7 Å². The van der Waals surface area contributed by atoms with Crippen LogP contribution in [0.1, 0.15) is 23.3 Å². The second-order valence-electron chi connectivity index (χ2n) is 6.58. The molecule has 3 aromatic rings. The van der Waals surface area contributed by atoms with E-state index in [2.05, 4.69) is 9.71 Å². The summed E-state index contributed by atoms with van der Waals surface area (Å²) in [6, 6.07) is 9.42. The van der Waals surface area contributed by atoms with E-state index < -0.39 is 10.0 Å². The van der Waals surface area contributed by atoms with Crippen LogP contribution in [0.3, 0.4) is 0 Å². The molecule has 2 heterocycles. The lowest BCUT2D eigenvalue weighted by Gasteiger charge is -2.15. The number of aromatic nitrogens is 1. The highest BCUT2D eigenvalue weighted by Gasteiger charge is 2.46. The molecular weight excluding hydrogens is 356 g/mol. The summed E-state index contributed by atoms with van der Waals surface area (Å²) >= 11 is 1.30. The van der Waals surface area contributed by atoms with Gasteiger partial charge in [-0.3, -0.25) is 0 Å². The van der Waals surface area contributed by atoms with Crippen molar-refractivity contribution >= 4 is 32.3 Å². The lowest BCUT2D eigenvalue weighted by molar-refractivity contribution is 0.415. The first-order chi connectivity index (χ1) is 11.9. The van der Waals surface area contributed by atoms with Gasteiger partial charge in [0.15, 0.2) is 0 Å². The molecular formula is C18H20N2O3S2. The molecule has 1 aromatic carbocycles. The Kier molecular flexibility index (Phi) is 3.90. The number of hydrogen-bond acceptors (Lipinski definition) is 4. The predicted octanol–water partition coefficient (Wildman–Crippen LogP) is 3.56. The zero-order valence-corrected chi connectivity index (χ0v) is 15.8. The van der Waals surface area contributed by atoms with E-state index in [-0.39, 0.29) is 5.41 Å². The van der Waals surface area contributed by atoms with Crippen molar-refractivity contribution in [3.05, 3.63) is 47.0 Å². The van der Waals surface area contributed by atoms with Crippen molar-refractivity contribution in [2.45, 2.75) is 29.4 Å². The summed E-state index contributed by atoms with van der Waals surface area (Å²) in [4.78, 5) is 4.28. The maximum atomic E-state index is 12.5. The Morgan fingerprint density at radius 2 is 2.08 bits per heavy atom. The summed E-state index contributed by atoms with van der Waals surface area (Å²) < 4.78 is 33.6. The summed E-state index contributed by atoms with van der Waals surface area (Å²) in [5, 5.41) is 1.10. The van der Waals surface area contributed by atoms with Crippen LogP contribution in [-0.4, -0.2) is 27.1 Å². The Hall–Kier alpha value is -1.83. The number of benzene rings is 1. The van der Waals surface area contributed by atoms with Gasteiger partial charge in [0.1, 0.15) is 9.96 Å². The molecule has 1 aliphatic rings. The van der Waals surface area contributed by atoms with E-state index in [1.165, 1.54) is 11.3 Å². The summed E-state index contributed by atoms with van der Waals surface area (Å²) in [5.74, 6) is 0.804. The number of nitrogens with one attached hydrogen (secondary N) is 2. The third-order valence-electron chi connectivity index (χ3n) is 4.89. The lowest BCUT2D eigenvalue weighted by Crippen LogP contribution is -2.31. The molecule has 0 aliphatic heterocycles. The van der Waals surface area contributed by atoms with Crippen LogP contribution in [-0.2, 0) is 15.4 Å². The van der Waals surface area contributed by atoms with E-state index in [1.807, 2.05) is 37.4 Å². The van der Waals surface area contributed by atoms with Crippen LogP contribution < -0.4 is 9.46 Å². The largest absolute Gasteiger partial charge is 0.497 e. The number of H-pyrrole nitrogens is 1. The summed E-state index contributed by atoms with van der Waals surface area (Å²) in [6.45, 7) is 2.32. The molecule has 0 saturated heterocycles. The minimum atomic E-state index is -3.46. The number of hydrogen-bond donors (Lipinski definition) is 2. The van der Waals surface area contributed by atoms with E-state index in [1.54, 1.807) is 13.2 Å². The van der Waals surface area contributed by atoms with Gasteiger partial charge in [-0.2, -0.15) is 0 Å². The fraction of sp³-hybridized carbons (Fsp3) is 0.333. The van der Waals surface area contributed by atoms with E-state index in [4.69, 9.17) is 4.74 Å². The first kappa shape index (κ1) is 16.6. The van der Waals surface area contributed by atoms with Crippen molar-refractivity contribution in [1.82, 2.24) is 9.71 Å². The molecule has 0 spiro atoms. The van der Waals surface area contributed by atoms with Crippen LogP contribution in [0.25, 0.3) is 10.9 Å². The normalized spacial score (nSPS) is 16.2. The van der Waals surface area contributed by atoms with Crippen molar-refractivity contribution in [2.75, 3.05) is 13.7 Å². The van der Waals surface area contributed by atoms with E-state index in [0.29, 0.717) is 10.8 Å². The number of thiophene rings is 1. The molecule has 0 atom stereocenters.